The monoisotopic (exact) mass is 545 g/mol. The molecular weight excluding hydrogens is 524 g/mol. The molecule has 0 spiro atoms. The maximum atomic E-state index is 14.0. The normalized spacial score (nSPS) is 14.4. The van der Waals surface area contributed by atoms with Gasteiger partial charge in [0, 0.05) is 5.56 Å². The molecule has 0 unspecified atom stereocenters. The Bertz CT molecular complexity index is 1330. The molecule has 192 valence electrons. The Morgan fingerprint density at radius 3 is 2.49 bits per heavy atom. The van der Waals surface area contributed by atoms with Gasteiger partial charge in [-0.2, -0.15) is 0 Å². The second-order valence-corrected chi connectivity index (χ2v) is 9.18. The average Bonchev–Trinajstić information content (AvgIpc) is 3.13. The molecule has 6 nitrogen and oxygen atoms in total. The molecule has 1 heterocycles. The molecule has 1 aliphatic rings. The van der Waals surface area contributed by atoms with Crippen molar-refractivity contribution in [1.29, 1.82) is 0 Å². The summed E-state index contributed by atoms with van der Waals surface area (Å²) in [4.78, 5) is 26.6. The summed E-state index contributed by atoms with van der Waals surface area (Å²) in [6.45, 7) is 2.16. The number of imide groups is 1. The summed E-state index contributed by atoms with van der Waals surface area (Å²) < 4.78 is 43.9. The van der Waals surface area contributed by atoms with Crippen LogP contribution >= 0.6 is 23.4 Å². The van der Waals surface area contributed by atoms with E-state index in [1.54, 1.807) is 43.3 Å². The fourth-order valence-corrected chi connectivity index (χ4v) is 4.61. The minimum absolute atomic E-state index is 0.0349. The van der Waals surface area contributed by atoms with Crippen LogP contribution in [0.2, 0.25) is 5.02 Å². The number of ether oxygens (including phenoxy) is 3. The van der Waals surface area contributed by atoms with E-state index in [-0.39, 0.29) is 41.3 Å². The van der Waals surface area contributed by atoms with E-state index >= 15 is 0 Å². The van der Waals surface area contributed by atoms with Crippen LogP contribution in [0.15, 0.2) is 65.6 Å². The molecule has 3 aromatic rings. The van der Waals surface area contributed by atoms with Crippen LogP contribution in [0.25, 0.3) is 6.08 Å². The molecule has 3 aromatic carbocycles. The van der Waals surface area contributed by atoms with Crippen LogP contribution in [0.3, 0.4) is 0 Å². The van der Waals surface area contributed by atoms with Crippen LogP contribution in [0.4, 0.5) is 13.6 Å². The summed E-state index contributed by atoms with van der Waals surface area (Å²) in [5, 5.41) is -0.222. The molecule has 0 radical (unpaired) electrons. The van der Waals surface area contributed by atoms with Crippen molar-refractivity contribution in [2.45, 2.75) is 13.5 Å². The second-order valence-electron chi connectivity index (χ2n) is 7.78. The Labute approximate surface area is 221 Å². The van der Waals surface area contributed by atoms with Crippen molar-refractivity contribution in [3.05, 3.63) is 93.4 Å². The smallest absolute Gasteiger partial charge is 0.293 e. The van der Waals surface area contributed by atoms with Crippen molar-refractivity contribution in [2.24, 2.45) is 0 Å². The van der Waals surface area contributed by atoms with E-state index in [0.29, 0.717) is 29.2 Å². The number of hydrogen-bond acceptors (Lipinski definition) is 6. The third kappa shape index (κ3) is 6.61. The molecule has 0 N–H and O–H groups in total. The summed E-state index contributed by atoms with van der Waals surface area (Å²) in [6, 6.07) is 14.9. The standard InChI is InChI=1S/C27H22ClF2NO5S/c1-2-34-23-14-17(13-21(28)25(23)36-16-18-5-3-4-6-22(18)30)15-24-26(32)31(27(33)37-24)11-12-35-20-9-7-19(29)8-10-20/h3-10,13-15H,2,11-12,16H2,1H3/b24-15-. The first-order valence-corrected chi connectivity index (χ1v) is 12.5. The highest BCUT2D eigenvalue weighted by atomic mass is 35.5. The van der Waals surface area contributed by atoms with Gasteiger partial charge in [-0.1, -0.05) is 29.8 Å². The van der Waals surface area contributed by atoms with Gasteiger partial charge in [0.1, 0.15) is 30.6 Å². The Kier molecular flexibility index (Phi) is 8.68. The van der Waals surface area contributed by atoms with Crippen molar-refractivity contribution >= 4 is 40.6 Å². The fraction of sp³-hybridized carbons (Fsp3) is 0.185. The lowest BCUT2D eigenvalue weighted by molar-refractivity contribution is -0.123. The Morgan fingerprint density at radius 1 is 1.00 bits per heavy atom. The molecule has 1 fully saturated rings. The van der Waals surface area contributed by atoms with Crippen molar-refractivity contribution < 1.29 is 32.6 Å². The van der Waals surface area contributed by atoms with Gasteiger partial charge in [0.05, 0.1) is 23.1 Å². The first-order chi connectivity index (χ1) is 17.9. The molecule has 1 saturated heterocycles. The summed E-state index contributed by atoms with van der Waals surface area (Å²) in [7, 11) is 0. The van der Waals surface area contributed by atoms with Gasteiger partial charge in [0.2, 0.25) is 0 Å². The van der Waals surface area contributed by atoms with Crippen LogP contribution in [-0.4, -0.2) is 35.8 Å². The number of thioether (sulfide) groups is 1. The minimum atomic E-state index is -0.466. The molecule has 0 saturated carbocycles. The zero-order valence-electron chi connectivity index (χ0n) is 19.7. The maximum absolute atomic E-state index is 14.0. The van der Waals surface area contributed by atoms with Gasteiger partial charge in [0.25, 0.3) is 11.1 Å². The van der Waals surface area contributed by atoms with Crippen molar-refractivity contribution in [3.8, 4) is 17.2 Å². The Hall–Kier alpha value is -3.56. The number of carbonyl (C=O) groups excluding carboxylic acids is 2. The highest BCUT2D eigenvalue weighted by Crippen LogP contribution is 2.39. The maximum Gasteiger partial charge on any atom is 0.293 e. The first-order valence-electron chi connectivity index (χ1n) is 11.3. The van der Waals surface area contributed by atoms with E-state index in [1.807, 2.05) is 0 Å². The molecule has 1 aliphatic heterocycles. The van der Waals surface area contributed by atoms with Crippen LogP contribution in [0, 0.1) is 11.6 Å². The van der Waals surface area contributed by atoms with Crippen LogP contribution in [0.5, 0.6) is 17.2 Å². The third-order valence-corrected chi connectivity index (χ3v) is 6.42. The first kappa shape index (κ1) is 26.5. The molecule has 4 rings (SSSR count). The lowest BCUT2D eigenvalue weighted by Gasteiger charge is -2.15. The molecule has 0 atom stereocenters. The zero-order chi connectivity index (χ0) is 26.4. The van der Waals surface area contributed by atoms with E-state index in [4.69, 9.17) is 25.8 Å². The summed E-state index contributed by atoms with van der Waals surface area (Å²) >= 11 is 7.25. The van der Waals surface area contributed by atoms with Gasteiger partial charge in [0.15, 0.2) is 11.5 Å². The van der Waals surface area contributed by atoms with Gasteiger partial charge in [-0.15, -0.1) is 0 Å². The molecule has 10 heteroatoms. The highest BCUT2D eigenvalue weighted by molar-refractivity contribution is 8.18. The van der Waals surface area contributed by atoms with Crippen LogP contribution in [-0.2, 0) is 11.4 Å². The topological polar surface area (TPSA) is 65.1 Å². The van der Waals surface area contributed by atoms with E-state index < -0.39 is 17.0 Å². The van der Waals surface area contributed by atoms with Crippen molar-refractivity contribution in [3.63, 3.8) is 0 Å². The van der Waals surface area contributed by atoms with E-state index in [1.165, 1.54) is 30.3 Å². The lowest BCUT2D eigenvalue weighted by Crippen LogP contribution is -2.32. The number of carbonyl (C=O) groups is 2. The summed E-state index contributed by atoms with van der Waals surface area (Å²) in [6.07, 6.45) is 1.54. The van der Waals surface area contributed by atoms with Crippen LogP contribution in [0.1, 0.15) is 18.1 Å². The van der Waals surface area contributed by atoms with Gasteiger partial charge in [-0.05, 0) is 72.8 Å². The number of benzene rings is 3. The number of rotatable bonds is 10. The molecule has 2 amide bonds. The number of nitrogens with zero attached hydrogens (tertiary/aromatic N) is 1. The molecular formula is C27H22ClF2NO5S. The van der Waals surface area contributed by atoms with E-state index in [9.17, 15) is 18.4 Å². The fourth-order valence-electron chi connectivity index (χ4n) is 3.47. The van der Waals surface area contributed by atoms with Crippen LogP contribution < -0.4 is 14.2 Å². The predicted octanol–water partition coefficient (Wildman–Crippen LogP) is 6.71. The van der Waals surface area contributed by atoms with Gasteiger partial charge >= 0.3 is 0 Å². The quantitative estimate of drug-likeness (QED) is 0.264. The highest BCUT2D eigenvalue weighted by Gasteiger charge is 2.35. The molecule has 0 bridgehead atoms. The number of halogens is 3. The average molecular weight is 546 g/mol. The molecule has 37 heavy (non-hydrogen) atoms. The largest absolute Gasteiger partial charge is 0.492 e. The van der Waals surface area contributed by atoms with Crippen molar-refractivity contribution in [2.75, 3.05) is 19.8 Å². The second kappa shape index (κ2) is 12.1. The zero-order valence-corrected chi connectivity index (χ0v) is 21.3. The summed E-state index contributed by atoms with van der Waals surface area (Å²) in [5.74, 6) is -0.252. The minimum Gasteiger partial charge on any atom is -0.492 e. The van der Waals surface area contributed by atoms with Crippen molar-refractivity contribution in [1.82, 2.24) is 4.90 Å². The molecule has 0 aliphatic carbocycles. The van der Waals surface area contributed by atoms with Gasteiger partial charge < -0.3 is 14.2 Å². The lowest BCUT2D eigenvalue weighted by atomic mass is 10.1. The predicted molar refractivity (Wildman–Crippen MR) is 138 cm³/mol. The number of amides is 2. The van der Waals surface area contributed by atoms with Gasteiger partial charge in [-0.25, -0.2) is 8.78 Å². The third-order valence-electron chi connectivity index (χ3n) is 5.23. The Balaban J connectivity index is 1.46. The molecule has 0 aromatic heterocycles. The summed E-state index contributed by atoms with van der Waals surface area (Å²) in [5.41, 5.74) is 0.891. The number of hydrogen-bond donors (Lipinski definition) is 0. The Morgan fingerprint density at radius 2 is 1.76 bits per heavy atom. The van der Waals surface area contributed by atoms with E-state index in [2.05, 4.69) is 0 Å². The van der Waals surface area contributed by atoms with Gasteiger partial charge in [-0.3, -0.25) is 14.5 Å². The SMILES string of the molecule is CCOc1cc(/C=C2\SC(=O)N(CCOc3ccc(F)cc3)C2=O)cc(Cl)c1OCc1ccccc1F. The van der Waals surface area contributed by atoms with E-state index in [0.717, 1.165) is 16.7 Å².